The fraction of sp³-hybridized carbons (Fsp3) is 0.208. The molecule has 4 aromatic rings. The number of para-hydroxylation sites is 1. The van der Waals surface area contributed by atoms with Crippen LogP contribution >= 0.6 is 22.9 Å². The minimum atomic E-state index is -4.01. The van der Waals surface area contributed by atoms with Crippen LogP contribution in [-0.2, 0) is 10.0 Å². The number of nitriles is 1. The van der Waals surface area contributed by atoms with Gasteiger partial charge in [0, 0.05) is 31.2 Å². The van der Waals surface area contributed by atoms with E-state index in [2.05, 4.69) is 10.3 Å². The summed E-state index contributed by atoms with van der Waals surface area (Å²) >= 11 is 7.64. The number of hydrogen-bond acceptors (Lipinski definition) is 6. The summed E-state index contributed by atoms with van der Waals surface area (Å²) < 4.78 is 30.9. The van der Waals surface area contributed by atoms with Crippen molar-refractivity contribution in [1.29, 1.82) is 5.26 Å². The van der Waals surface area contributed by atoms with Crippen molar-refractivity contribution < 1.29 is 8.42 Å². The molecule has 12 heteroatoms. The second-order valence-corrected chi connectivity index (χ2v) is 11.2. The van der Waals surface area contributed by atoms with Gasteiger partial charge >= 0.3 is 0 Å². The van der Waals surface area contributed by atoms with Crippen molar-refractivity contribution in [2.24, 2.45) is 4.99 Å². The van der Waals surface area contributed by atoms with Crippen molar-refractivity contribution in [3.63, 3.8) is 0 Å². The molecule has 1 atom stereocenters. The monoisotopic (exact) mass is 539 g/mol. The highest BCUT2D eigenvalue weighted by molar-refractivity contribution is 7.89. The molecule has 0 spiro atoms. The van der Waals surface area contributed by atoms with Crippen LogP contribution in [0.2, 0.25) is 5.15 Å². The van der Waals surface area contributed by atoms with Crippen LogP contribution in [-0.4, -0.2) is 52.6 Å². The number of fused-ring (bicyclic) bond motifs is 1. The van der Waals surface area contributed by atoms with E-state index in [4.69, 9.17) is 16.6 Å². The number of piperazine rings is 1. The first-order valence-electron chi connectivity index (χ1n) is 11.1. The molecule has 184 valence electrons. The summed E-state index contributed by atoms with van der Waals surface area (Å²) in [6.45, 7) is 2.72. The van der Waals surface area contributed by atoms with Gasteiger partial charge in [0.05, 0.1) is 11.7 Å². The number of thiazole rings is 1. The van der Waals surface area contributed by atoms with Crippen molar-refractivity contribution in [1.82, 2.24) is 23.9 Å². The van der Waals surface area contributed by atoms with E-state index in [-0.39, 0.29) is 23.3 Å². The molecule has 1 fully saturated rings. The Hall–Kier alpha value is -3.43. The van der Waals surface area contributed by atoms with E-state index >= 15 is 0 Å². The first-order valence-corrected chi connectivity index (χ1v) is 13.8. The van der Waals surface area contributed by atoms with Crippen LogP contribution in [0.5, 0.6) is 0 Å². The highest BCUT2D eigenvalue weighted by Gasteiger charge is 2.40. The Kier molecular flexibility index (Phi) is 6.68. The standard InChI is InChI=1S/C24H22ClN7O2S2/c1-17-7-5-6-10-19(17)28-23(27-16-26)30-11-12-32(20(15-30)18-8-3-2-4-9-18)36(33,34)22-21(25)29-24-31(22)13-14-35-24/h2-10,13-14,20H,11-12,15H2,1H3,(H,27,28). The number of sulfonamides is 1. The number of aliphatic imine (C=N–C) groups is 1. The number of aromatic nitrogens is 2. The van der Waals surface area contributed by atoms with Gasteiger partial charge in [-0.15, -0.1) is 11.3 Å². The lowest BCUT2D eigenvalue weighted by molar-refractivity contribution is 0.191. The lowest BCUT2D eigenvalue weighted by Crippen LogP contribution is -2.54. The molecule has 1 aliphatic rings. The highest BCUT2D eigenvalue weighted by Crippen LogP contribution is 2.35. The molecule has 0 saturated carbocycles. The average Bonchev–Trinajstić information content (AvgIpc) is 3.45. The van der Waals surface area contributed by atoms with Crippen LogP contribution in [0.3, 0.4) is 0 Å². The zero-order chi connectivity index (χ0) is 25.3. The molecule has 1 saturated heterocycles. The summed E-state index contributed by atoms with van der Waals surface area (Å²) in [5, 5.41) is 13.8. The maximum atomic E-state index is 14.0. The maximum Gasteiger partial charge on any atom is 0.262 e. The summed E-state index contributed by atoms with van der Waals surface area (Å²) in [6.07, 6.45) is 3.62. The molecule has 0 radical (unpaired) electrons. The van der Waals surface area contributed by atoms with E-state index in [1.54, 1.807) is 11.6 Å². The molecule has 1 unspecified atom stereocenters. The van der Waals surface area contributed by atoms with Gasteiger partial charge in [0.1, 0.15) is 0 Å². The third kappa shape index (κ3) is 4.44. The number of aryl methyl sites for hydroxylation is 1. The molecule has 0 bridgehead atoms. The largest absolute Gasteiger partial charge is 0.339 e. The Bertz CT molecular complexity index is 1570. The van der Waals surface area contributed by atoms with E-state index in [9.17, 15) is 13.7 Å². The zero-order valence-electron chi connectivity index (χ0n) is 19.2. The van der Waals surface area contributed by atoms with Crippen molar-refractivity contribution in [2.75, 3.05) is 19.6 Å². The predicted octanol–water partition coefficient (Wildman–Crippen LogP) is 4.16. The number of imidazole rings is 1. The minimum Gasteiger partial charge on any atom is -0.339 e. The molecular weight excluding hydrogens is 518 g/mol. The van der Waals surface area contributed by atoms with Gasteiger partial charge in [0.2, 0.25) is 5.96 Å². The molecule has 36 heavy (non-hydrogen) atoms. The number of rotatable bonds is 4. The Balaban J connectivity index is 1.55. The first kappa shape index (κ1) is 24.3. The van der Waals surface area contributed by atoms with Gasteiger partial charge in [-0.1, -0.05) is 60.1 Å². The number of nitrogens with zero attached hydrogens (tertiary/aromatic N) is 6. The lowest BCUT2D eigenvalue weighted by atomic mass is 10.0. The van der Waals surface area contributed by atoms with Gasteiger partial charge in [-0.3, -0.25) is 9.72 Å². The van der Waals surface area contributed by atoms with Crippen LogP contribution in [0.4, 0.5) is 5.69 Å². The quantitative estimate of drug-likeness (QED) is 0.181. The second kappa shape index (κ2) is 9.91. The number of guanidine groups is 1. The molecule has 9 nitrogen and oxygen atoms in total. The maximum absolute atomic E-state index is 14.0. The summed E-state index contributed by atoms with van der Waals surface area (Å²) in [5.41, 5.74) is 2.51. The Morgan fingerprint density at radius 1 is 1.19 bits per heavy atom. The smallest absolute Gasteiger partial charge is 0.262 e. The van der Waals surface area contributed by atoms with Crippen LogP contribution in [0.1, 0.15) is 17.2 Å². The van der Waals surface area contributed by atoms with E-state index in [1.807, 2.05) is 72.6 Å². The third-order valence-electron chi connectivity index (χ3n) is 6.06. The topological polar surface area (TPSA) is 106 Å². The molecule has 1 N–H and O–H groups in total. The van der Waals surface area contributed by atoms with Crippen molar-refractivity contribution in [2.45, 2.75) is 18.0 Å². The van der Waals surface area contributed by atoms with Gasteiger partial charge in [0.15, 0.2) is 21.3 Å². The van der Waals surface area contributed by atoms with Crippen molar-refractivity contribution in [3.8, 4) is 6.19 Å². The van der Waals surface area contributed by atoms with Gasteiger partial charge < -0.3 is 4.90 Å². The van der Waals surface area contributed by atoms with Crippen LogP contribution in [0.15, 0.2) is 76.2 Å². The van der Waals surface area contributed by atoms with Gasteiger partial charge in [-0.2, -0.15) is 9.57 Å². The zero-order valence-corrected chi connectivity index (χ0v) is 21.6. The molecule has 2 aromatic heterocycles. The number of halogens is 1. The first-order chi connectivity index (χ1) is 17.4. The molecule has 1 aliphatic heterocycles. The van der Waals surface area contributed by atoms with E-state index in [0.29, 0.717) is 17.5 Å². The van der Waals surface area contributed by atoms with Crippen LogP contribution in [0, 0.1) is 18.4 Å². The fourth-order valence-electron chi connectivity index (χ4n) is 4.30. The number of nitrogens with one attached hydrogen (secondary N) is 1. The van der Waals surface area contributed by atoms with E-state index in [0.717, 1.165) is 16.8 Å². The van der Waals surface area contributed by atoms with Gasteiger partial charge in [0.25, 0.3) is 10.0 Å². The van der Waals surface area contributed by atoms with Crippen molar-refractivity contribution in [3.05, 3.63) is 82.5 Å². The molecule has 0 aliphatic carbocycles. The SMILES string of the molecule is Cc1ccccc1N=C(NC#N)N1CCN(S(=O)(=O)c2c(Cl)nc3sccn23)C(c2ccccc2)C1. The summed E-state index contributed by atoms with van der Waals surface area (Å²) in [6, 6.07) is 16.5. The van der Waals surface area contributed by atoms with Crippen molar-refractivity contribution >= 4 is 49.6 Å². The molecule has 0 amide bonds. The molecule has 5 rings (SSSR count). The number of hydrogen-bond donors (Lipinski definition) is 1. The van der Waals surface area contributed by atoms with Crippen LogP contribution < -0.4 is 5.32 Å². The highest BCUT2D eigenvalue weighted by atomic mass is 35.5. The fourth-order valence-corrected chi connectivity index (χ4v) is 7.31. The van der Waals surface area contributed by atoms with Gasteiger partial charge in [-0.05, 0) is 24.1 Å². The molecule has 3 heterocycles. The summed E-state index contributed by atoms with van der Waals surface area (Å²) in [4.78, 5) is 11.3. The average molecular weight is 540 g/mol. The number of benzene rings is 2. The summed E-state index contributed by atoms with van der Waals surface area (Å²) in [7, 11) is -4.01. The second-order valence-electron chi connectivity index (χ2n) is 8.21. The van der Waals surface area contributed by atoms with Gasteiger partial charge in [-0.25, -0.2) is 18.4 Å². The third-order valence-corrected chi connectivity index (χ3v) is 9.12. The molecule has 2 aromatic carbocycles. The lowest BCUT2D eigenvalue weighted by Gasteiger charge is -2.41. The normalized spacial score (nSPS) is 17.3. The Labute approximate surface area is 217 Å². The predicted molar refractivity (Wildman–Crippen MR) is 140 cm³/mol. The molecular formula is C24H22ClN7O2S2. The Morgan fingerprint density at radius 3 is 2.69 bits per heavy atom. The summed E-state index contributed by atoms with van der Waals surface area (Å²) in [5.74, 6) is 0.368. The van der Waals surface area contributed by atoms with Crippen LogP contribution in [0.25, 0.3) is 4.96 Å². The minimum absolute atomic E-state index is 0.0428. The van der Waals surface area contributed by atoms with E-state index < -0.39 is 16.1 Å². The van der Waals surface area contributed by atoms with E-state index in [1.165, 1.54) is 20.0 Å². The Morgan fingerprint density at radius 2 is 1.94 bits per heavy atom.